The highest BCUT2D eigenvalue weighted by Crippen LogP contribution is 2.37. The molecule has 0 atom stereocenters. The van der Waals surface area contributed by atoms with E-state index in [-0.39, 0.29) is 5.54 Å². The Morgan fingerprint density at radius 1 is 1.31 bits per heavy atom. The highest BCUT2D eigenvalue weighted by molar-refractivity contribution is 5.21. The lowest BCUT2D eigenvalue weighted by Crippen LogP contribution is -2.44. The van der Waals surface area contributed by atoms with Crippen molar-refractivity contribution in [2.75, 3.05) is 0 Å². The van der Waals surface area contributed by atoms with Crippen molar-refractivity contribution in [3.8, 4) is 0 Å². The molecule has 0 amide bonds. The molecule has 13 heavy (non-hydrogen) atoms. The Labute approximate surface area is 78.4 Å². The van der Waals surface area contributed by atoms with Gasteiger partial charge in [0.1, 0.15) is 5.82 Å². The van der Waals surface area contributed by atoms with Crippen molar-refractivity contribution in [1.82, 2.24) is 9.97 Å². The summed E-state index contributed by atoms with van der Waals surface area (Å²) in [5, 5.41) is 0. The van der Waals surface area contributed by atoms with E-state index >= 15 is 0 Å². The van der Waals surface area contributed by atoms with Crippen LogP contribution in [0.2, 0.25) is 0 Å². The van der Waals surface area contributed by atoms with Gasteiger partial charge >= 0.3 is 0 Å². The molecule has 1 fully saturated rings. The van der Waals surface area contributed by atoms with Crippen LogP contribution in [0.5, 0.6) is 0 Å². The molecule has 2 rings (SSSR count). The molecule has 1 aliphatic carbocycles. The summed E-state index contributed by atoms with van der Waals surface area (Å²) < 4.78 is 0. The number of aromatic nitrogens is 2. The lowest BCUT2D eigenvalue weighted by molar-refractivity contribution is 0.245. The Hall–Kier alpha value is -0.960. The third-order valence-electron chi connectivity index (χ3n) is 2.72. The Bertz CT molecular complexity index is 309. The Kier molecular flexibility index (Phi) is 1.84. The van der Waals surface area contributed by atoms with E-state index in [2.05, 4.69) is 9.97 Å². The second-order valence-corrected chi connectivity index (χ2v) is 3.95. The second kappa shape index (κ2) is 2.77. The van der Waals surface area contributed by atoms with Crippen LogP contribution in [0.25, 0.3) is 0 Å². The molecule has 3 nitrogen and oxygen atoms in total. The van der Waals surface area contributed by atoms with Gasteiger partial charge in [-0.25, -0.2) is 9.97 Å². The summed E-state index contributed by atoms with van der Waals surface area (Å²) in [6, 6.07) is 2.01. The van der Waals surface area contributed by atoms with Crippen LogP contribution in [0.3, 0.4) is 0 Å². The molecule has 0 saturated heterocycles. The molecule has 0 aromatic carbocycles. The van der Waals surface area contributed by atoms with Crippen molar-refractivity contribution in [1.29, 1.82) is 0 Å². The minimum atomic E-state index is -0.154. The molecule has 1 aromatic heterocycles. The minimum absolute atomic E-state index is 0.154. The van der Waals surface area contributed by atoms with Crippen molar-refractivity contribution >= 4 is 0 Å². The van der Waals surface area contributed by atoms with Crippen molar-refractivity contribution in [3.63, 3.8) is 0 Å². The minimum Gasteiger partial charge on any atom is -0.320 e. The predicted molar refractivity (Wildman–Crippen MR) is 51.2 cm³/mol. The van der Waals surface area contributed by atoms with E-state index < -0.39 is 0 Å². The fourth-order valence-corrected chi connectivity index (χ4v) is 1.79. The van der Waals surface area contributed by atoms with Gasteiger partial charge in [-0.15, -0.1) is 0 Å². The van der Waals surface area contributed by atoms with Crippen LogP contribution in [-0.2, 0) is 5.54 Å². The van der Waals surface area contributed by atoms with E-state index in [1.54, 1.807) is 0 Å². The largest absolute Gasteiger partial charge is 0.320 e. The van der Waals surface area contributed by atoms with Crippen LogP contribution in [0.1, 0.15) is 36.5 Å². The van der Waals surface area contributed by atoms with E-state index in [1.165, 1.54) is 6.42 Å². The summed E-state index contributed by atoms with van der Waals surface area (Å²) >= 11 is 0. The molecule has 1 saturated carbocycles. The summed E-state index contributed by atoms with van der Waals surface area (Å²) in [5.41, 5.74) is 8.05. The second-order valence-electron chi connectivity index (χ2n) is 3.95. The zero-order valence-electron chi connectivity index (χ0n) is 8.17. The van der Waals surface area contributed by atoms with Gasteiger partial charge in [-0.2, -0.15) is 0 Å². The topological polar surface area (TPSA) is 51.8 Å². The fraction of sp³-hybridized carbons (Fsp3) is 0.600. The van der Waals surface area contributed by atoms with Crippen molar-refractivity contribution in [3.05, 3.63) is 23.3 Å². The van der Waals surface area contributed by atoms with Gasteiger partial charge in [0, 0.05) is 5.69 Å². The number of rotatable bonds is 1. The molecule has 3 heteroatoms. The highest BCUT2D eigenvalue weighted by atomic mass is 14.9. The summed E-state index contributed by atoms with van der Waals surface area (Å²) in [6.45, 7) is 3.90. The number of hydrogen-bond acceptors (Lipinski definition) is 3. The standard InChI is InChI=1S/C10H15N3/c1-7-6-9(13-8(2)12-7)10(11)4-3-5-10/h6H,3-5,11H2,1-2H3. The number of hydrogen-bond donors (Lipinski definition) is 1. The molecule has 0 bridgehead atoms. The van der Waals surface area contributed by atoms with Crippen molar-refractivity contribution < 1.29 is 0 Å². The predicted octanol–water partition coefficient (Wildman–Crippen LogP) is 1.43. The first-order valence-electron chi connectivity index (χ1n) is 4.72. The molecule has 0 unspecified atom stereocenters. The van der Waals surface area contributed by atoms with E-state index in [0.29, 0.717) is 0 Å². The van der Waals surface area contributed by atoms with Gasteiger partial charge in [-0.3, -0.25) is 0 Å². The summed E-state index contributed by atoms with van der Waals surface area (Å²) in [7, 11) is 0. The maximum atomic E-state index is 6.17. The van der Waals surface area contributed by atoms with Crippen LogP contribution >= 0.6 is 0 Å². The van der Waals surface area contributed by atoms with Gasteiger partial charge in [0.2, 0.25) is 0 Å². The number of aryl methyl sites for hydroxylation is 2. The van der Waals surface area contributed by atoms with E-state index in [9.17, 15) is 0 Å². The molecule has 70 valence electrons. The Morgan fingerprint density at radius 3 is 2.46 bits per heavy atom. The molecule has 0 radical (unpaired) electrons. The van der Waals surface area contributed by atoms with Gasteiger partial charge in [-0.05, 0) is 39.2 Å². The molecule has 0 spiro atoms. The zero-order chi connectivity index (χ0) is 9.47. The zero-order valence-corrected chi connectivity index (χ0v) is 8.17. The molecule has 1 aromatic rings. The first-order valence-corrected chi connectivity index (χ1v) is 4.72. The average molecular weight is 177 g/mol. The van der Waals surface area contributed by atoms with Crippen LogP contribution in [0.15, 0.2) is 6.07 Å². The van der Waals surface area contributed by atoms with Crippen molar-refractivity contribution in [2.24, 2.45) is 5.73 Å². The van der Waals surface area contributed by atoms with Gasteiger partial charge in [0.25, 0.3) is 0 Å². The average Bonchev–Trinajstić information content (AvgIpc) is 1.98. The molecular formula is C10H15N3. The monoisotopic (exact) mass is 177 g/mol. The Morgan fingerprint density at radius 2 is 2.00 bits per heavy atom. The lowest BCUT2D eigenvalue weighted by Gasteiger charge is -2.37. The molecule has 1 heterocycles. The summed E-state index contributed by atoms with van der Waals surface area (Å²) in [4.78, 5) is 8.63. The number of nitrogens with two attached hydrogens (primary N) is 1. The van der Waals surface area contributed by atoms with Gasteiger partial charge in [0.15, 0.2) is 0 Å². The van der Waals surface area contributed by atoms with Gasteiger partial charge in [0.05, 0.1) is 11.2 Å². The van der Waals surface area contributed by atoms with Crippen LogP contribution in [0.4, 0.5) is 0 Å². The lowest BCUT2D eigenvalue weighted by atomic mass is 9.75. The molecular weight excluding hydrogens is 162 g/mol. The first kappa shape index (κ1) is 8.63. The normalized spacial score (nSPS) is 19.6. The quantitative estimate of drug-likeness (QED) is 0.706. The van der Waals surface area contributed by atoms with Gasteiger partial charge < -0.3 is 5.73 Å². The van der Waals surface area contributed by atoms with E-state index in [1.807, 2.05) is 19.9 Å². The third-order valence-corrected chi connectivity index (χ3v) is 2.72. The van der Waals surface area contributed by atoms with Gasteiger partial charge in [-0.1, -0.05) is 0 Å². The molecule has 0 aliphatic heterocycles. The number of nitrogens with zero attached hydrogens (tertiary/aromatic N) is 2. The fourth-order valence-electron chi connectivity index (χ4n) is 1.79. The molecule has 2 N–H and O–H groups in total. The maximum Gasteiger partial charge on any atom is 0.125 e. The SMILES string of the molecule is Cc1cc(C2(N)CCC2)nc(C)n1. The third kappa shape index (κ3) is 1.44. The smallest absolute Gasteiger partial charge is 0.125 e. The first-order chi connectivity index (χ1) is 6.10. The van der Waals surface area contributed by atoms with Crippen molar-refractivity contribution in [2.45, 2.75) is 38.6 Å². The summed E-state index contributed by atoms with van der Waals surface area (Å²) in [6.07, 6.45) is 3.34. The highest BCUT2D eigenvalue weighted by Gasteiger charge is 2.35. The Balaban J connectivity index is 2.39. The van der Waals surface area contributed by atoms with Crippen LogP contribution in [-0.4, -0.2) is 9.97 Å². The van der Waals surface area contributed by atoms with Crippen LogP contribution < -0.4 is 5.73 Å². The molecule has 1 aliphatic rings. The van der Waals surface area contributed by atoms with E-state index in [4.69, 9.17) is 5.73 Å². The summed E-state index contributed by atoms with van der Waals surface area (Å²) in [5.74, 6) is 0.826. The van der Waals surface area contributed by atoms with Crippen LogP contribution in [0, 0.1) is 13.8 Å². The van der Waals surface area contributed by atoms with E-state index in [0.717, 1.165) is 30.1 Å². The maximum absolute atomic E-state index is 6.17.